The van der Waals surface area contributed by atoms with Gasteiger partial charge in [0.1, 0.15) is 0 Å². The number of hydrogen-bond donors (Lipinski definition) is 1. The summed E-state index contributed by atoms with van der Waals surface area (Å²) in [5.74, 6) is 0.791. The molecule has 3 heteroatoms. The summed E-state index contributed by atoms with van der Waals surface area (Å²) in [5.41, 5.74) is 3.14. The predicted molar refractivity (Wildman–Crippen MR) is 78.4 cm³/mol. The van der Waals surface area contributed by atoms with Gasteiger partial charge in [-0.25, -0.2) is 4.98 Å². The summed E-state index contributed by atoms with van der Waals surface area (Å²) in [6.07, 6.45) is 9.91. The molecule has 1 aromatic heterocycles. The van der Waals surface area contributed by atoms with Gasteiger partial charge in [-0.15, -0.1) is 0 Å². The normalized spacial score (nSPS) is 26.9. The Bertz CT molecular complexity index is 441. The number of rotatable bonds is 3. The molecule has 3 nitrogen and oxygen atoms in total. The Balaban J connectivity index is 1.67. The Morgan fingerprint density at radius 3 is 2.74 bits per heavy atom. The Kier molecular flexibility index (Phi) is 3.42. The molecule has 0 bridgehead atoms. The van der Waals surface area contributed by atoms with Gasteiger partial charge in [0.15, 0.2) is 0 Å². The lowest BCUT2D eigenvalue weighted by Gasteiger charge is -2.40. The van der Waals surface area contributed by atoms with Crippen LogP contribution in [0.3, 0.4) is 0 Å². The fourth-order valence-electron chi connectivity index (χ4n) is 3.37. The van der Waals surface area contributed by atoms with Crippen LogP contribution in [0.2, 0.25) is 0 Å². The fourth-order valence-corrected chi connectivity index (χ4v) is 3.37. The first-order chi connectivity index (χ1) is 9.04. The van der Waals surface area contributed by atoms with Crippen LogP contribution in [0.15, 0.2) is 6.33 Å². The van der Waals surface area contributed by atoms with Crippen LogP contribution in [-0.4, -0.2) is 21.6 Å². The van der Waals surface area contributed by atoms with E-state index in [0.29, 0.717) is 6.04 Å². The summed E-state index contributed by atoms with van der Waals surface area (Å²) in [6.45, 7) is 7.89. The highest BCUT2D eigenvalue weighted by Gasteiger charge is 2.34. The first-order valence-electron chi connectivity index (χ1n) is 7.84. The first kappa shape index (κ1) is 13.2. The number of nitrogens with one attached hydrogen (secondary N) is 1. The van der Waals surface area contributed by atoms with Gasteiger partial charge in [0.2, 0.25) is 0 Å². The fraction of sp³-hybridized carbons (Fsp3) is 0.812. The molecule has 106 valence electrons. The molecular formula is C16H27N3. The zero-order valence-corrected chi connectivity index (χ0v) is 12.6. The Hall–Kier alpha value is -0.830. The second-order valence-electron chi connectivity index (χ2n) is 7.29. The van der Waals surface area contributed by atoms with Gasteiger partial charge in [-0.1, -0.05) is 0 Å². The molecule has 1 saturated carbocycles. The minimum absolute atomic E-state index is 0.231. The van der Waals surface area contributed by atoms with Crippen molar-refractivity contribution >= 4 is 0 Å². The van der Waals surface area contributed by atoms with E-state index in [4.69, 9.17) is 0 Å². The maximum atomic E-state index is 4.65. The van der Waals surface area contributed by atoms with Crippen LogP contribution >= 0.6 is 0 Å². The standard InChI is InChI=1S/C16H27N3/c1-16(2,3)18-10-12-8-9-14(12)19-11-17-13-6-4-5-7-15(13)19/h11-12,14,18H,4-10H2,1-3H3. The minimum Gasteiger partial charge on any atom is -0.331 e. The van der Waals surface area contributed by atoms with E-state index in [1.165, 1.54) is 49.9 Å². The molecule has 19 heavy (non-hydrogen) atoms. The minimum atomic E-state index is 0.231. The van der Waals surface area contributed by atoms with Crippen LogP contribution in [0.4, 0.5) is 0 Å². The molecule has 2 aliphatic carbocycles. The van der Waals surface area contributed by atoms with Gasteiger partial charge in [0.25, 0.3) is 0 Å². The number of nitrogens with zero attached hydrogens (tertiary/aromatic N) is 2. The number of aromatic nitrogens is 2. The van der Waals surface area contributed by atoms with E-state index in [0.717, 1.165) is 12.5 Å². The van der Waals surface area contributed by atoms with Crippen molar-refractivity contribution in [3.63, 3.8) is 0 Å². The van der Waals surface area contributed by atoms with E-state index in [1.54, 1.807) is 0 Å². The lowest BCUT2D eigenvalue weighted by molar-refractivity contribution is 0.162. The highest BCUT2D eigenvalue weighted by atomic mass is 15.1. The van der Waals surface area contributed by atoms with Crippen molar-refractivity contribution in [3.8, 4) is 0 Å². The first-order valence-corrected chi connectivity index (χ1v) is 7.84. The van der Waals surface area contributed by atoms with Gasteiger partial charge in [-0.05, 0) is 65.2 Å². The maximum absolute atomic E-state index is 4.65. The van der Waals surface area contributed by atoms with Gasteiger partial charge in [-0.3, -0.25) is 0 Å². The van der Waals surface area contributed by atoms with Gasteiger partial charge in [-0.2, -0.15) is 0 Å². The molecule has 0 aromatic carbocycles. The van der Waals surface area contributed by atoms with Crippen molar-refractivity contribution in [2.75, 3.05) is 6.54 Å². The van der Waals surface area contributed by atoms with E-state index in [-0.39, 0.29) is 5.54 Å². The molecule has 0 saturated heterocycles. The van der Waals surface area contributed by atoms with Crippen molar-refractivity contribution in [2.24, 2.45) is 5.92 Å². The van der Waals surface area contributed by atoms with E-state index >= 15 is 0 Å². The lowest BCUT2D eigenvalue weighted by atomic mass is 9.78. The molecule has 0 aliphatic heterocycles. The van der Waals surface area contributed by atoms with Crippen molar-refractivity contribution in [2.45, 2.75) is 70.9 Å². The number of fused-ring (bicyclic) bond motifs is 1. The highest BCUT2D eigenvalue weighted by molar-refractivity contribution is 5.18. The van der Waals surface area contributed by atoms with E-state index in [2.05, 4.69) is 42.0 Å². The largest absolute Gasteiger partial charge is 0.331 e. The van der Waals surface area contributed by atoms with E-state index in [1.807, 2.05) is 0 Å². The lowest BCUT2D eigenvalue weighted by Crippen LogP contribution is -2.44. The van der Waals surface area contributed by atoms with Crippen molar-refractivity contribution in [3.05, 3.63) is 17.7 Å². The second kappa shape index (κ2) is 4.93. The monoisotopic (exact) mass is 261 g/mol. The second-order valence-corrected chi connectivity index (χ2v) is 7.29. The molecule has 0 radical (unpaired) electrons. The van der Waals surface area contributed by atoms with Crippen LogP contribution in [0.1, 0.15) is 63.9 Å². The molecule has 1 heterocycles. The average Bonchev–Trinajstić information content (AvgIpc) is 2.71. The van der Waals surface area contributed by atoms with E-state index in [9.17, 15) is 0 Å². The molecule has 1 fully saturated rings. The van der Waals surface area contributed by atoms with Crippen LogP contribution < -0.4 is 5.32 Å². The van der Waals surface area contributed by atoms with Crippen molar-refractivity contribution in [1.29, 1.82) is 0 Å². The Morgan fingerprint density at radius 2 is 2.05 bits per heavy atom. The summed E-state index contributed by atoms with van der Waals surface area (Å²) in [4.78, 5) is 4.65. The third kappa shape index (κ3) is 2.71. The van der Waals surface area contributed by atoms with Gasteiger partial charge in [0.05, 0.1) is 12.0 Å². The SMILES string of the molecule is CC(C)(C)NCC1CCC1n1cnc2c1CCCC2. The summed E-state index contributed by atoms with van der Waals surface area (Å²) in [6, 6.07) is 0.698. The van der Waals surface area contributed by atoms with Crippen LogP contribution in [0.5, 0.6) is 0 Å². The van der Waals surface area contributed by atoms with Gasteiger partial charge < -0.3 is 9.88 Å². The molecular weight excluding hydrogens is 234 g/mol. The molecule has 0 spiro atoms. The molecule has 1 aromatic rings. The average molecular weight is 261 g/mol. The maximum Gasteiger partial charge on any atom is 0.0954 e. The third-order valence-electron chi connectivity index (χ3n) is 4.69. The number of imidazole rings is 1. The molecule has 1 N–H and O–H groups in total. The van der Waals surface area contributed by atoms with E-state index < -0.39 is 0 Å². The quantitative estimate of drug-likeness (QED) is 0.906. The Labute approximate surface area is 116 Å². The topological polar surface area (TPSA) is 29.9 Å². The zero-order chi connectivity index (χ0) is 13.5. The molecule has 3 rings (SSSR count). The number of hydrogen-bond acceptors (Lipinski definition) is 2. The number of aryl methyl sites for hydroxylation is 1. The summed E-state index contributed by atoms with van der Waals surface area (Å²) >= 11 is 0. The van der Waals surface area contributed by atoms with Crippen LogP contribution in [0, 0.1) is 5.92 Å². The molecule has 0 amide bonds. The van der Waals surface area contributed by atoms with Crippen molar-refractivity contribution in [1.82, 2.24) is 14.9 Å². The smallest absolute Gasteiger partial charge is 0.0954 e. The molecule has 2 atom stereocenters. The summed E-state index contributed by atoms with van der Waals surface area (Å²) in [5, 5.41) is 3.66. The Morgan fingerprint density at radius 1 is 1.26 bits per heavy atom. The van der Waals surface area contributed by atoms with Crippen molar-refractivity contribution < 1.29 is 0 Å². The summed E-state index contributed by atoms with van der Waals surface area (Å²) in [7, 11) is 0. The third-order valence-corrected chi connectivity index (χ3v) is 4.69. The van der Waals surface area contributed by atoms with Crippen LogP contribution in [0.25, 0.3) is 0 Å². The van der Waals surface area contributed by atoms with Gasteiger partial charge in [0, 0.05) is 23.8 Å². The van der Waals surface area contributed by atoms with Gasteiger partial charge >= 0.3 is 0 Å². The molecule has 2 aliphatic rings. The predicted octanol–water partition coefficient (Wildman–Crippen LogP) is 3.10. The summed E-state index contributed by atoms with van der Waals surface area (Å²) < 4.78 is 2.51. The highest BCUT2D eigenvalue weighted by Crippen LogP contribution is 2.40. The zero-order valence-electron chi connectivity index (χ0n) is 12.6. The van der Waals surface area contributed by atoms with Crippen LogP contribution in [-0.2, 0) is 12.8 Å². The molecule has 2 unspecified atom stereocenters.